The predicted octanol–water partition coefficient (Wildman–Crippen LogP) is 3.59. The third-order valence-electron chi connectivity index (χ3n) is 4.68. The van der Waals surface area contributed by atoms with E-state index in [2.05, 4.69) is 44.2 Å². The number of nitrogens with one attached hydrogen (secondary N) is 1. The zero-order valence-corrected chi connectivity index (χ0v) is 12.7. The Morgan fingerprint density at radius 1 is 0.947 bits per heavy atom. The van der Waals surface area contributed by atoms with Gasteiger partial charge in [-0.15, -0.1) is 0 Å². The fourth-order valence-electron chi connectivity index (χ4n) is 3.79. The second-order valence-corrected chi connectivity index (χ2v) is 6.14. The maximum absolute atomic E-state index is 2.34. The summed E-state index contributed by atoms with van der Waals surface area (Å²) in [7, 11) is 0. The van der Waals surface area contributed by atoms with Crippen molar-refractivity contribution in [3.8, 4) is 0 Å². The van der Waals surface area contributed by atoms with Crippen molar-refractivity contribution >= 4 is 0 Å². The van der Waals surface area contributed by atoms with Crippen LogP contribution in [0.3, 0.4) is 0 Å². The highest BCUT2D eigenvalue weighted by molar-refractivity contribution is 5.13. The molecule has 0 radical (unpaired) electrons. The second-order valence-electron chi connectivity index (χ2n) is 6.14. The number of hydrogen-bond acceptors (Lipinski definition) is 0. The first-order valence-electron chi connectivity index (χ1n) is 8.24. The molecule has 1 heterocycles. The lowest BCUT2D eigenvalue weighted by Crippen LogP contribution is -3.18. The fraction of sp³-hybridized carbons (Fsp3) is 0.667. The Morgan fingerprint density at radius 3 is 2.05 bits per heavy atom. The van der Waals surface area contributed by atoms with Crippen LogP contribution in [-0.4, -0.2) is 12.1 Å². The topological polar surface area (TPSA) is 4.44 Å². The summed E-state index contributed by atoms with van der Waals surface area (Å²) < 4.78 is 0. The van der Waals surface area contributed by atoms with Crippen LogP contribution in [0.5, 0.6) is 0 Å². The van der Waals surface area contributed by atoms with Crippen LogP contribution in [0.4, 0.5) is 0 Å². The van der Waals surface area contributed by atoms with Crippen LogP contribution < -0.4 is 4.90 Å². The van der Waals surface area contributed by atoms with Crippen LogP contribution in [0.1, 0.15) is 64.4 Å². The van der Waals surface area contributed by atoms with Gasteiger partial charge in [-0.3, -0.25) is 0 Å². The minimum atomic E-state index is 0.899. The van der Waals surface area contributed by atoms with Gasteiger partial charge in [-0.05, 0) is 32.1 Å². The van der Waals surface area contributed by atoms with Crippen molar-refractivity contribution in [2.45, 2.75) is 77.4 Å². The van der Waals surface area contributed by atoms with Crippen molar-refractivity contribution in [3.05, 3.63) is 35.9 Å². The average molecular weight is 260 g/mol. The fourth-order valence-corrected chi connectivity index (χ4v) is 3.79. The number of likely N-dealkylation sites (tertiary alicyclic amines) is 1. The van der Waals surface area contributed by atoms with Crippen LogP contribution in [0, 0.1) is 0 Å². The summed E-state index contributed by atoms with van der Waals surface area (Å²) in [5.74, 6) is 0. The van der Waals surface area contributed by atoms with Gasteiger partial charge in [0.15, 0.2) is 0 Å². The molecule has 1 saturated heterocycles. The van der Waals surface area contributed by atoms with E-state index in [0.717, 1.165) is 12.1 Å². The highest BCUT2D eigenvalue weighted by atomic mass is 15.2. The molecule has 1 unspecified atom stereocenters. The Balaban J connectivity index is 2.08. The molecule has 106 valence electrons. The average Bonchev–Trinajstić information content (AvgIpc) is 2.44. The molecule has 0 bridgehead atoms. The first kappa shape index (κ1) is 14.6. The zero-order valence-electron chi connectivity index (χ0n) is 12.7. The molecule has 3 atom stereocenters. The molecule has 19 heavy (non-hydrogen) atoms. The standard InChI is InChI=1S/C18H29N/c1-3-9-17-13-8-14-18(10-4-2)19(17)15-16-11-6-5-7-12-16/h5-7,11-12,17-18H,3-4,8-10,13-15H2,1-2H3/p+1/t17-,18+. The van der Waals surface area contributed by atoms with Crippen molar-refractivity contribution in [1.29, 1.82) is 0 Å². The number of piperidine rings is 1. The molecule has 0 spiro atoms. The van der Waals surface area contributed by atoms with E-state index in [4.69, 9.17) is 0 Å². The summed E-state index contributed by atoms with van der Waals surface area (Å²) >= 11 is 0. The van der Waals surface area contributed by atoms with Gasteiger partial charge >= 0.3 is 0 Å². The number of quaternary nitrogens is 1. The first-order chi connectivity index (χ1) is 9.35. The van der Waals surface area contributed by atoms with Gasteiger partial charge in [0.2, 0.25) is 0 Å². The largest absolute Gasteiger partial charge is 0.326 e. The summed E-state index contributed by atoms with van der Waals surface area (Å²) in [6.45, 7) is 5.91. The molecule has 0 aromatic heterocycles. The first-order valence-corrected chi connectivity index (χ1v) is 8.24. The summed E-state index contributed by atoms with van der Waals surface area (Å²) in [5.41, 5.74) is 1.52. The van der Waals surface area contributed by atoms with Gasteiger partial charge in [-0.2, -0.15) is 0 Å². The number of hydrogen-bond donors (Lipinski definition) is 1. The summed E-state index contributed by atoms with van der Waals surface area (Å²) in [4.78, 5) is 1.88. The Hall–Kier alpha value is -0.820. The minimum absolute atomic E-state index is 0.899. The molecular formula is C18H30N+. The maximum Gasteiger partial charge on any atom is 0.103 e. The summed E-state index contributed by atoms with van der Waals surface area (Å²) in [6, 6.07) is 12.9. The third-order valence-corrected chi connectivity index (χ3v) is 4.68. The van der Waals surface area contributed by atoms with E-state index >= 15 is 0 Å². The Morgan fingerprint density at radius 2 is 1.53 bits per heavy atom. The lowest BCUT2D eigenvalue weighted by atomic mass is 9.90. The van der Waals surface area contributed by atoms with Gasteiger partial charge in [0, 0.05) is 5.56 Å². The quantitative estimate of drug-likeness (QED) is 0.797. The van der Waals surface area contributed by atoms with Crippen molar-refractivity contribution in [2.75, 3.05) is 0 Å². The van der Waals surface area contributed by atoms with Crippen molar-refractivity contribution < 1.29 is 4.90 Å². The van der Waals surface area contributed by atoms with E-state index in [0.29, 0.717) is 0 Å². The van der Waals surface area contributed by atoms with Gasteiger partial charge in [-0.1, -0.05) is 57.0 Å². The summed E-state index contributed by atoms with van der Waals surface area (Å²) in [6.07, 6.45) is 9.81. The van der Waals surface area contributed by atoms with Crippen molar-refractivity contribution in [2.24, 2.45) is 0 Å². The second kappa shape index (κ2) is 7.69. The summed E-state index contributed by atoms with van der Waals surface area (Å²) in [5, 5.41) is 0. The van der Waals surface area contributed by atoms with E-state index in [1.807, 2.05) is 4.90 Å². The normalized spacial score (nSPS) is 27.4. The van der Waals surface area contributed by atoms with Crippen LogP contribution >= 0.6 is 0 Å². The van der Waals surface area contributed by atoms with Gasteiger partial charge in [0.25, 0.3) is 0 Å². The van der Waals surface area contributed by atoms with E-state index in [9.17, 15) is 0 Å². The monoisotopic (exact) mass is 260 g/mol. The molecule has 1 aliphatic heterocycles. The molecule has 1 heteroatoms. The third kappa shape index (κ3) is 4.07. The van der Waals surface area contributed by atoms with Crippen LogP contribution in [0.15, 0.2) is 30.3 Å². The molecule has 0 amide bonds. The van der Waals surface area contributed by atoms with Gasteiger partial charge in [0.1, 0.15) is 6.54 Å². The van der Waals surface area contributed by atoms with Gasteiger partial charge in [0.05, 0.1) is 12.1 Å². The molecular weight excluding hydrogens is 230 g/mol. The number of benzene rings is 1. The van der Waals surface area contributed by atoms with Gasteiger partial charge in [-0.25, -0.2) is 0 Å². The molecule has 2 rings (SSSR count). The maximum atomic E-state index is 2.34. The van der Waals surface area contributed by atoms with E-state index in [1.54, 1.807) is 0 Å². The van der Waals surface area contributed by atoms with Crippen LogP contribution in [0.2, 0.25) is 0 Å². The lowest BCUT2D eigenvalue weighted by Gasteiger charge is -2.39. The number of rotatable bonds is 6. The minimum Gasteiger partial charge on any atom is -0.326 e. The molecule has 1 fully saturated rings. The Kier molecular flexibility index (Phi) is 5.91. The molecule has 0 aliphatic carbocycles. The molecule has 1 aliphatic rings. The van der Waals surface area contributed by atoms with Gasteiger partial charge < -0.3 is 4.90 Å². The molecule has 1 aromatic carbocycles. The van der Waals surface area contributed by atoms with Crippen LogP contribution in [-0.2, 0) is 6.54 Å². The highest BCUT2D eigenvalue weighted by Crippen LogP contribution is 2.16. The predicted molar refractivity (Wildman–Crippen MR) is 82.4 cm³/mol. The van der Waals surface area contributed by atoms with Crippen molar-refractivity contribution in [1.82, 2.24) is 0 Å². The van der Waals surface area contributed by atoms with Crippen molar-refractivity contribution in [3.63, 3.8) is 0 Å². The van der Waals surface area contributed by atoms with Crippen LogP contribution in [0.25, 0.3) is 0 Å². The molecule has 1 nitrogen and oxygen atoms in total. The molecule has 0 saturated carbocycles. The Labute approximate surface area is 119 Å². The van der Waals surface area contributed by atoms with E-state index < -0.39 is 0 Å². The highest BCUT2D eigenvalue weighted by Gasteiger charge is 2.32. The SMILES string of the molecule is CCC[C@@H]1CCC[C@H](CCC)[NH+]1Cc1ccccc1. The lowest BCUT2D eigenvalue weighted by molar-refractivity contribution is -0.968. The molecule has 1 N–H and O–H groups in total. The molecule has 1 aromatic rings. The zero-order chi connectivity index (χ0) is 13.5. The smallest absolute Gasteiger partial charge is 0.103 e. The Bertz CT molecular complexity index is 328. The van der Waals surface area contributed by atoms with E-state index in [1.165, 1.54) is 57.1 Å². The van der Waals surface area contributed by atoms with E-state index in [-0.39, 0.29) is 0 Å².